The Morgan fingerprint density at radius 3 is 2.09 bits per heavy atom. The molecule has 0 saturated carbocycles. The van der Waals surface area contributed by atoms with E-state index in [1.807, 2.05) is 54.6 Å². The van der Waals surface area contributed by atoms with Crippen LogP contribution in [0.5, 0.6) is 0 Å². The van der Waals surface area contributed by atoms with E-state index in [1.54, 1.807) is 24.3 Å². The van der Waals surface area contributed by atoms with Crippen LogP contribution in [0.2, 0.25) is 0 Å². The minimum absolute atomic E-state index is 0.242. The quantitative estimate of drug-likeness (QED) is 0.459. The predicted octanol–water partition coefficient (Wildman–Crippen LogP) is 4.04. The zero-order valence-corrected chi connectivity index (χ0v) is 18.9. The fourth-order valence-corrected chi connectivity index (χ4v) is 3.31. The maximum Gasteiger partial charge on any atom is 0.313 e. The Kier molecular flexibility index (Phi) is 8.36. The monoisotopic (exact) mass is 443 g/mol. The lowest BCUT2D eigenvalue weighted by atomic mass is 10.0. The number of para-hydroxylation sites is 1. The third-order valence-electron chi connectivity index (χ3n) is 5.27. The van der Waals surface area contributed by atoms with Crippen LogP contribution in [-0.2, 0) is 22.6 Å². The van der Waals surface area contributed by atoms with Crippen LogP contribution in [-0.4, -0.2) is 24.3 Å². The molecule has 6 heteroatoms. The van der Waals surface area contributed by atoms with E-state index in [9.17, 15) is 14.4 Å². The Labute approximate surface area is 194 Å². The van der Waals surface area contributed by atoms with E-state index in [0.29, 0.717) is 24.4 Å². The standard InChI is InChI=1S/C27H29N3O3/c1-19(2)22-14-12-21(13-15-22)18-29-26(32)27(33)30-24-11-7-6-10-23(24)25(31)28-17-16-20-8-4-3-5-9-20/h3-15,19H,16-18H2,1-2H3,(H,28,31)(H,29,32)(H,30,33). The van der Waals surface area contributed by atoms with Crippen molar-refractivity contribution in [3.63, 3.8) is 0 Å². The van der Waals surface area contributed by atoms with E-state index in [0.717, 1.165) is 11.1 Å². The molecule has 0 saturated heterocycles. The largest absolute Gasteiger partial charge is 0.352 e. The van der Waals surface area contributed by atoms with Crippen LogP contribution in [0.3, 0.4) is 0 Å². The molecule has 3 aromatic rings. The minimum Gasteiger partial charge on any atom is -0.352 e. The first kappa shape index (κ1) is 23.7. The van der Waals surface area contributed by atoms with Gasteiger partial charge in [0.05, 0.1) is 11.3 Å². The van der Waals surface area contributed by atoms with Gasteiger partial charge in [-0.05, 0) is 41.2 Å². The molecule has 0 unspecified atom stereocenters. The van der Waals surface area contributed by atoms with E-state index in [4.69, 9.17) is 0 Å². The van der Waals surface area contributed by atoms with Gasteiger partial charge in [0, 0.05) is 13.1 Å². The maximum atomic E-state index is 12.6. The Hall–Kier alpha value is -3.93. The van der Waals surface area contributed by atoms with Crippen LogP contribution >= 0.6 is 0 Å². The van der Waals surface area contributed by atoms with Gasteiger partial charge in [0.25, 0.3) is 5.91 Å². The van der Waals surface area contributed by atoms with Gasteiger partial charge < -0.3 is 16.0 Å². The molecule has 0 aliphatic heterocycles. The summed E-state index contributed by atoms with van der Waals surface area (Å²) in [6, 6.07) is 24.4. The van der Waals surface area contributed by atoms with E-state index < -0.39 is 11.8 Å². The summed E-state index contributed by atoms with van der Waals surface area (Å²) >= 11 is 0. The molecule has 0 atom stereocenters. The van der Waals surface area contributed by atoms with Crippen LogP contribution in [0.1, 0.15) is 46.8 Å². The normalized spacial score (nSPS) is 10.5. The van der Waals surface area contributed by atoms with Gasteiger partial charge in [0.1, 0.15) is 0 Å². The van der Waals surface area contributed by atoms with Crippen molar-refractivity contribution in [3.8, 4) is 0 Å². The third-order valence-corrected chi connectivity index (χ3v) is 5.27. The van der Waals surface area contributed by atoms with Gasteiger partial charge in [-0.1, -0.05) is 80.6 Å². The molecule has 33 heavy (non-hydrogen) atoms. The number of hydrogen-bond acceptors (Lipinski definition) is 3. The van der Waals surface area contributed by atoms with Gasteiger partial charge in [0.2, 0.25) is 0 Å². The van der Waals surface area contributed by atoms with Crippen molar-refractivity contribution in [2.75, 3.05) is 11.9 Å². The smallest absolute Gasteiger partial charge is 0.313 e. The Morgan fingerprint density at radius 2 is 1.39 bits per heavy atom. The van der Waals surface area contributed by atoms with Crippen molar-refractivity contribution in [1.29, 1.82) is 0 Å². The zero-order chi connectivity index (χ0) is 23.6. The minimum atomic E-state index is -0.821. The first-order valence-electron chi connectivity index (χ1n) is 11.0. The van der Waals surface area contributed by atoms with E-state index in [1.165, 1.54) is 5.56 Å². The summed E-state index contributed by atoms with van der Waals surface area (Å²) in [5.41, 5.74) is 3.82. The zero-order valence-electron chi connectivity index (χ0n) is 18.9. The van der Waals surface area contributed by atoms with Crippen molar-refractivity contribution < 1.29 is 14.4 Å². The topological polar surface area (TPSA) is 87.3 Å². The highest BCUT2D eigenvalue weighted by atomic mass is 16.2. The molecule has 0 bridgehead atoms. The number of amides is 3. The highest BCUT2D eigenvalue weighted by Gasteiger charge is 2.17. The molecule has 6 nitrogen and oxygen atoms in total. The maximum absolute atomic E-state index is 12.6. The van der Waals surface area contributed by atoms with E-state index >= 15 is 0 Å². The summed E-state index contributed by atoms with van der Waals surface area (Å²) in [5, 5.41) is 8.02. The summed E-state index contributed by atoms with van der Waals surface area (Å²) in [6.07, 6.45) is 0.696. The summed E-state index contributed by atoms with van der Waals surface area (Å²) in [6.45, 7) is 4.93. The van der Waals surface area contributed by atoms with Crippen LogP contribution in [0.4, 0.5) is 5.69 Å². The number of benzene rings is 3. The average Bonchev–Trinajstić information content (AvgIpc) is 2.83. The predicted molar refractivity (Wildman–Crippen MR) is 130 cm³/mol. The fraction of sp³-hybridized carbons (Fsp3) is 0.222. The highest BCUT2D eigenvalue weighted by Crippen LogP contribution is 2.16. The molecule has 3 aromatic carbocycles. The lowest BCUT2D eigenvalue weighted by Gasteiger charge is -2.12. The molecule has 0 aliphatic rings. The molecule has 0 aromatic heterocycles. The molecular formula is C27H29N3O3. The number of carbonyl (C=O) groups excluding carboxylic acids is 3. The molecule has 170 valence electrons. The van der Waals surface area contributed by atoms with Gasteiger partial charge in [-0.2, -0.15) is 0 Å². The van der Waals surface area contributed by atoms with Crippen molar-refractivity contribution in [2.45, 2.75) is 32.7 Å². The second-order valence-corrected chi connectivity index (χ2v) is 8.07. The van der Waals surface area contributed by atoms with Crippen molar-refractivity contribution >= 4 is 23.4 Å². The molecule has 0 radical (unpaired) electrons. The van der Waals surface area contributed by atoms with Crippen LogP contribution in [0.15, 0.2) is 78.9 Å². The first-order chi connectivity index (χ1) is 15.9. The number of hydrogen-bond donors (Lipinski definition) is 3. The van der Waals surface area contributed by atoms with Gasteiger partial charge in [-0.25, -0.2) is 0 Å². The molecule has 0 fully saturated rings. The van der Waals surface area contributed by atoms with E-state index in [-0.39, 0.29) is 18.1 Å². The number of anilines is 1. The molecule has 0 heterocycles. The lowest BCUT2D eigenvalue weighted by molar-refractivity contribution is -0.136. The summed E-state index contributed by atoms with van der Waals surface area (Å²) in [4.78, 5) is 37.3. The van der Waals surface area contributed by atoms with Crippen molar-refractivity contribution in [1.82, 2.24) is 10.6 Å². The fourth-order valence-electron chi connectivity index (χ4n) is 3.31. The first-order valence-corrected chi connectivity index (χ1v) is 11.0. The summed E-state index contributed by atoms with van der Waals surface area (Å²) < 4.78 is 0. The van der Waals surface area contributed by atoms with Crippen LogP contribution in [0.25, 0.3) is 0 Å². The Bertz CT molecular complexity index is 1090. The molecular weight excluding hydrogens is 414 g/mol. The SMILES string of the molecule is CC(C)c1ccc(CNC(=O)C(=O)Nc2ccccc2C(=O)NCCc2ccccc2)cc1. The number of rotatable bonds is 8. The molecule has 0 spiro atoms. The third kappa shape index (κ3) is 7.04. The second-order valence-electron chi connectivity index (χ2n) is 8.07. The molecule has 0 aliphatic carbocycles. The van der Waals surface area contributed by atoms with Gasteiger partial charge in [-0.3, -0.25) is 14.4 Å². The van der Waals surface area contributed by atoms with Crippen LogP contribution < -0.4 is 16.0 Å². The lowest BCUT2D eigenvalue weighted by Crippen LogP contribution is -2.35. The van der Waals surface area contributed by atoms with Crippen LogP contribution in [0, 0.1) is 0 Å². The van der Waals surface area contributed by atoms with Crippen molar-refractivity contribution in [2.24, 2.45) is 0 Å². The molecule has 3 amide bonds. The average molecular weight is 444 g/mol. The van der Waals surface area contributed by atoms with Gasteiger partial charge in [-0.15, -0.1) is 0 Å². The van der Waals surface area contributed by atoms with Gasteiger partial charge in [0.15, 0.2) is 0 Å². The highest BCUT2D eigenvalue weighted by molar-refractivity contribution is 6.40. The summed E-state index contributed by atoms with van der Waals surface area (Å²) in [5.74, 6) is -1.47. The Balaban J connectivity index is 1.53. The van der Waals surface area contributed by atoms with Gasteiger partial charge >= 0.3 is 11.8 Å². The van der Waals surface area contributed by atoms with E-state index in [2.05, 4.69) is 29.8 Å². The van der Waals surface area contributed by atoms with Crippen molar-refractivity contribution in [3.05, 3.63) is 101 Å². The number of nitrogens with one attached hydrogen (secondary N) is 3. The molecule has 3 rings (SSSR count). The summed E-state index contributed by atoms with van der Waals surface area (Å²) in [7, 11) is 0. The second kappa shape index (κ2) is 11.6. The number of carbonyl (C=O) groups is 3. The molecule has 3 N–H and O–H groups in total. The Morgan fingerprint density at radius 1 is 0.727 bits per heavy atom.